The van der Waals surface area contributed by atoms with Crippen molar-refractivity contribution in [2.45, 2.75) is 19.6 Å². The first-order valence-electron chi connectivity index (χ1n) is 12.1. The molecule has 0 aliphatic heterocycles. The van der Waals surface area contributed by atoms with Crippen LogP contribution in [0.15, 0.2) is 97.1 Å². The summed E-state index contributed by atoms with van der Waals surface area (Å²) in [7, 11) is 4.91. The molecule has 0 unspecified atom stereocenters. The van der Waals surface area contributed by atoms with Crippen molar-refractivity contribution in [2.24, 2.45) is 0 Å². The second kappa shape index (κ2) is 13.1. The van der Waals surface area contributed by atoms with Gasteiger partial charge in [0.2, 0.25) is 0 Å². The fraction of sp³-hybridized carbons (Fsp3) is 0.188. The minimum Gasteiger partial charge on any atom is -0.496 e. The summed E-state index contributed by atoms with van der Waals surface area (Å²) in [5.41, 5.74) is 4.14. The van der Waals surface area contributed by atoms with Crippen molar-refractivity contribution in [1.29, 1.82) is 0 Å². The number of hydrogen-bond donors (Lipinski definition) is 0. The van der Waals surface area contributed by atoms with Crippen LogP contribution in [-0.4, -0.2) is 21.3 Å². The lowest BCUT2D eigenvalue weighted by molar-refractivity contribution is 0.256. The molecule has 0 amide bonds. The van der Waals surface area contributed by atoms with E-state index in [4.69, 9.17) is 23.7 Å². The van der Waals surface area contributed by atoms with Crippen LogP contribution in [0.1, 0.15) is 22.3 Å². The Balaban J connectivity index is 1.53. The predicted molar refractivity (Wildman–Crippen MR) is 147 cm³/mol. The molecular formula is C32H32O5. The highest BCUT2D eigenvalue weighted by atomic mass is 16.5. The Morgan fingerprint density at radius 3 is 1.68 bits per heavy atom. The highest BCUT2D eigenvalue weighted by molar-refractivity contribution is 5.58. The molecule has 0 saturated heterocycles. The van der Waals surface area contributed by atoms with Gasteiger partial charge in [0, 0.05) is 17.7 Å². The maximum absolute atomic E-state index is 6.20. The molecule has 0 spiro atoms. The van der Waals surface area contributed by atoms with Crippen LogP contribution in [0.5, 0.6) is 28.7 Å². The molecule has 0 N–H and O–H groups in total. The average Bonchev–Trinajstić information content (AvgIpc) is 2.96. The van der Waals surface area contributed by atoms with Crippen LogP contribution < -0.4 is 23.7 Å². The summed E-state index contributed by atoms with van der Waals surface area (Å²) >= 11 is 0. The Kier molecular flexibility index (Phi) is 9.08. The third-order valence-electron chi connectivity index (χ3n) is 5.89. The molecule has 5 nitrogen and oxygen atoms in total. The molecule has 0 atom stereocenters. The minimum atomic E-state index is 0.454. The van der Waals surface area contributed by atoms with E-state index < -0.39 is 0 Å². The zero-order valence-corrected chi connectivity index (χ0v) is 21.5. The van der Waals surface area contributed by atoms with Gasteiger partial charge in [-0.15, -0.1) is 0 Å². The van der Waals surface area contributed by atoms with Gasteiger partial charge in [0.25, 0.3) is 0 Å². The van der Waals surface area contributed by atoms with Crippen molar-refractivity contribution in [3.05, 3.63) is 119 Å². The second-order valence-corrected chi connectivity index (χ2v) is 8.37. The molecule has 37 heavy (non-hydrogen) atoms. The number of ether oxygens (including phenoxy) is 5. The van der Waals surface area contributed by atoms with E-state index >= 15 is 0 Å². The van der Waals surface area contributed by atoms with E-state index in [0.717, 1.165) is 33.8 Å². The van der Waals surface area contributed by atoms with Crippen molar-refractivity contribution < 1.29 is 23.7 Å². The number of methoxy groups -OCH3 is 3. The topological polar surface area (TPSA) is 46.2 Å². The molecule has 190 valence electrons. The van der Waals surface area contributed by atoms with Crippen LogP contribution in [-0.2, 0) is 19.6 Å². The van der Waals surface area contributed by atoms with Crippen LogP contribution in [0.4, 0.5) is 0 Å². The third-order valence-corrected chi connectivity index (χ3v) is 5.89. The molecule has 4 aromatic carbocycles. The molecular weight excluding hydrogens is 464 g/mol. The van der Waals surface area contributed by atoms with Gasteiger partial charge >= 0.3 is 0 Å². The van der Waals surface area contributed by atoms with Crippen LogP contribution in [0.25, 0.3) is 6.08 Å². The summed E-state index contributed by atoms with van der Waals surface area (Å²) in [6.07, 6.45) is 4.76. The fourth-order valence-electron chi connectivity index (χ4n) is 3.92. The van der Waals surface area contributed by atoms with Gasteiger partial charge in [0.15, 0.2) is 11.5 Å². The minimum absolute atomic E-state index is 0.454. The predicted octanol–water partition coefficient (Wildman–Crippen LogP) is 7.13. The van der Waals surface area contributed by atoms with E-state index in [1.807, 2.05) is 91.0 Å². The molecule has 0 fully saturated rings. The number of hydrogen-bond acceptors (Lipinski definition) is 5. The maximum Gasteiger partial charge on any atom is 0.162 e. The fourth-order valence-corrected chi connectivity index (χ4v) is 3.92. The van der Waals surface area contributed by atoms with Gasteiger partial charge in [-0.05, 0) is 35.2 Å². The van der Waals surface area contributed by atoms with Gasteiger partial charge in [0.1, 0.15) is 30.5 Å². The molecule has 0 aliphatic carbocycles. The summed E-state index contributed by atoms with van der Waals surface area (Å²) in [5, 5.41) is 0. The lowest BCUT2D eigenvalue weighted by atomic mass is 10.1. The smallest absolute Gasteiger partial charge is 0.162 e. The normalized spacial score (nSPS) is 10.8. The zero-order chi connectivity index (χ0) is 25.9. The molecule has 0 radical (unpaired) electrons. The summed E-state index contributed by atoms with van der Waals surface area (Å²) in [6.45, 7) is 0.921. The van der Waals surface area contributed by atoms with E-state index in [0.29, 0.717) is 36.9 Å². The van der Waals surface area contributed by atoms with Crippen molar-refractivity contribution >= 4 is 6.08 Å². The number of rotatable bonds is 12. The Hall–Kier alpha value is -4.38. The van der Waals surface area contributed by atoms with Crippen LogP contribution in [0, 0.1) is 0 Å². The highest BCUT2D eigenvalue weighted by Gasteiger charge is 2.12. The monoisotopic (exact) mass is 496 g/mol. The van der Waals surface area contributed by atoms with Crippen molar-refractivity contribution in [1.82, 2.24) is 0 Å². The highest BCUT2D eigenvalue weighted by Crippen LogP contribution is 2.35. The number of allylic oxidation sites excluding steroid dienone is 1. The van der Waals surface area contributed by atoms with Gasteiger partial charge in [-0.25, -0.2) is 0 Å². The molecule has 5 heteroatoms. The summed E-state index contributed by atoms with van der Waals surface area (Å²) in [5.74, 6) is 3.53. The van der Waals surface area contributed by atoms with Crippen molar-refractivity contribution in [2.75, 3.05) is 21.3 Å². The lowest BCUT2D eigenvalue weighted by Gasteiger charge is -2.14. The SMILES string of the molecule is COc1cc(OC)c(C/C=C/c2ccc(OCc3ccccc3)c(OCc3ccccc3)c2)c(OC)c1. The molecule has 4 aromatic rings. The van der Waals surface area contributed by atoms with E-state index in [9.17, 15) is 0 Å². The lowest BCUT2D eigenvalue weighted by Crippen LogP contribution is -2.01. The van der Waals surface area contributed by atoms with Gasteiger partial charge in [0.05, 0.1) is 21.3 Å². The van der Waals surface area contributed by atoms with E-state index in [-0.39, 0.29) is 0 Å². The first-order valence-corrected chi connectivity index (χ1v) is 12.1. The summed E-state index contributed by atoms with van der Waals surface area (Å²) < 4.78 is 28.8. The van der Waals surface area contributed by atoms with E-state index in [1.165, 1.54) is 0 Å². The summed E-state index contributed by atoms with van der Waals surface area (Å²) in [4.78, 5) is 0. The molecule has 0 bridgehead atoms. The molecule has 0 aliphatic rings. The van der Waals surface area contributed by atoms with Crippen LogP contribution in [0.3, 0.4) is 0 Å². The third kappa shape index (κ3) is 7.07. The van der Waals surface area contributed by atoms with Crippen LogP contribution in [0.2, 0.25) is 0 Å². The molecule has 4 rings (SSSR count). The van der Waals surface area contributed by atoms with Crippen LogP contribution >= 0.6 is 0 Å². The molecule has 0 saturated carbocycles. The van der Waals surface area contributed by atoms with Gasteiger partial charge in [-0.1, -0.05) is 78.9 Å². The Morgan fingerprint density at radius 2 is 1.14 bits per heavy atom. The van der Waals surface area contributed by atoms with Crippen molar-refractivity contribution in [3.63, 3.8) is 0 Å². The molecule has 0 heterocycles. The standard InChI is InChI=1S/C32H32O5/c1-33-27-20-30(34-2)28(31(21-27)35-3)16-10-15-24-17-18-29(36-22-25-11-6-4-7-12-25)32(19-24)37-23-26-13-8-5-9-14-26/h4-15,17-21H,16,22-23H2,1-3H3/b15-10+. The maximum atomic E-state index is 6.20. The number of benzene rings is 4. The molecule has 0 aromatic heterocycles. The average molecular weight is 497 g/mol. The first-order chi connectivity index (χ1) is 18.2. The van der Waals surface area contributed by atoms with Gasteiger partial charge < -0.3 is 23.7 Å². The first kappa shape index (κ1) is 25.7. The summed E-state index contributed by atoms with van der Waals surface area (Å²) in [6, 6.07) is 29.9. The quantitative estimate of drug-likeness (QED) is 0.209. The Bertz CT molecular complexity index is 1270. The van der Waals surface area contributed by atoms with Gasteiger partial charge in [-0.2, -0.15) is 0 Å². The Labute approximate surface area is 218 Å². The van der Waals surface area contributed by atoms with Gasteiger partial charge in [-0.3, -0.25) is 0 Å². The Morgan fingerprint density at radius 1 is 0.568 bits per heavy atom. The van der Waals surface area contributed by atoms with E-state index in [2.05, 4.69) is 12.2 Å². The largest absolute Gasteiger partial charge is 0.496 e. The van der Waals surface area contributed by atoms with E-state index in [1.54, 1.807) is 21.3 Å². The zero-order valence-electron chi connectivity index (χ0n) is 21.5. The van der Waals surface area contributed by atoms with Crippen molar-refractivity contribution in [3.8, 4) is 28.7 Å². The second-order valence-electron chi connectivity index (χ2n) is 8.37.